The molecule has 2 aromatic rings. The minimum Gasteiger partial charge on any atom is -0.493 e. The van der Waals surface area contributed by atoms with Crippen LogP contribution in [0.25, 0.3) is 5.57 Å². The minimum absolute atomic E-state index is 0.198. The maximum atomic E-state index is 13.4. The number of carbonyl (C=O) groups excluding carboxylic acids is 2. The van der Waals surface area contributed by atoms with Gasteiger partial charge in [-0.05, 0) is 55.7 Å². The summed E-state index contributed by atoms with van der Waals surface area (Å²) in [5.74, 6) is 0.227. The van der Waals surface area contributed by atoms with E-state index < -0.39 is 5.91 Å². The van der Waals surface area contributed by atoms with Gasteiger partial charge in [0.1, 0.15) is 5.70 Å². The van der Waals surface area contributed by atoms with Crippen LogP contribution in [0.15, 0.2) is 42.1 Å². The number of hydrogen-bond acceptors (Lipinski definition) is 6. The van der Waals surface area contributed by atoms with Crippen LogP contribution in [-0.4, -0.2) is 50.7 Å². The molecule has 1 aliphatic rings. The van der Waals surface area contributed by atoms with E-state index >= 15 is 0 Å². The van der Waals surface area contributed by atoms with Gasteiger partial charge in [-0.2, -0.15) is 0 Å². The van der Waals surface area contributed by atoms with Gasteiger partial charge in [-0.3, -0.25) is 14.5 Å². The molecule has 0 saturated heterocycles. The van der Waals surface area contributed by atoms with Crippen LogP contribution in [0, 0.1) is 6.92 Å². The predicted molar refractivity (Wildman–Crippen MR) is 124 cm³/mol. The molecule has 1 N–H and O–H groups in total. The van der Waals surface area contributed by atoms with Gasteiger partial charge in [0.15, 0.2) is 11.5 Å². The zero-order valence-electron chi connectivity index (χ0n) is 18.7. The van der Waals surface area contributed by atoms with E-state index in [1.54, 1.807) is 30.3 Å². The SMILES string of the molecule is CCOCCCN1C(=O)C(Nc2cccc(Cl)c2C)=C(c2ccc(OC)c(OC)c2)C1=O. The maximum Gasteiger partial charge on any atom is 0.278 e. The average Bonchev–Trinajstić information content (AvgIpc) is 3.03. The van der Waals surface area contributed by atoms with Crippen molar-refractivity contribution in [3.8, 4) is 11.5 Å². The van der Waals surface area contributed by atoms with Crippen LogP contribution in [0.5, 0.6) is 11.5 Å². The van der Waals surface area contributed by atoms with E-state index in [1.807, 2.05) is 19.9 Å². The number of amides is 2. The van der Waals surface area contributed by atoms with Crippen molar-refractivity contribution in [2.45, 2.75) is 20.3 Å². The third-order valence-corrected chi connectivity index (χ3v) is 5.65. The zero-order chi connectivity index (χ0) is 23.3. The highest BCUT2D eigenvalue weighted by atomic mass is 35.5. The second kappa shape index (κ2) is 10.5. The molecule has 32 heavy (non-hydrogen) atoms. The molecule has 8 heteroatoms. The first-order valence-corrected chi connectivity index (χ1v) is 10.7. The Morgan fingerprint density at radius 1 is 1.03 bits per heavy atom. The molecule has 1 aliphatic heterocycles. The van der Waals surface area contributed by atoms with Gasteiger partial charge in [0.2, 0.25) is 0 Å². The lowest BCUT2D eigenvalue weighted by Crippen LogP contribution is -2.34. The quantitative estimate of drug-likeness (QED) is 0.423. The molecule has 0 unspecified atom stereocenters. The van der Waals surface area contributed by atoms with Crippen molar-refractivity contribution in [2.24, 2.45) is 0 Å². The molecule has 0 aliphatic carbocycles. The molecule has 0 atom stereocenters. The molecule has 0 saturated carbocycles. The highest BCUT2D eigenvalue weighted by Crippen LogP contribution is 2.36. The molecule has 1 heterocycles. The van der Waals surface area contributed by atoms with Gasteiger partial charge >= 0.3 is 0 Å². The number of rotatable bonds is 10. The van der Waals surface area contributed by atoms with E-state index in [9.17, 15) is 9.59 Å². The molecule has 2 aromatic carbocycles. The van der Waals surface area contributed by atoms with E-state index in [0.29, 0.717) is 47.4 Å². The molecule has 0 bridgehead atoms. The van der Waals surface area contributed by atoms with Crippen molar-refractivity contribution in [3.63, 3.8) is 0 Å². The first-order chi connectivity index (χ1) is 15.4. The topological polar surface area (TPSA) is 77.1 Å². The molecule has 0 radical (unpaired) electrons. The fraction of sp³-hybridized carbons (Fsp3) is 0.333. The number of benzene rings is 2. The number of methoxy groups -OCH3 is 2. The van der Waals surface area contributed by atoms with Crippen molar-refractivity contribution in [1.82, 2.24) is 4.90 Å². The molecule has 0 spiro atoms. The van der Waals surface area contributed by atoms with Gasteiger partial charge in [0, 0.05) is 30.5 Å². The molecule has 3 rings (SSSR count). The number of anilines is 1. The van der Waals surface area contributed by atoms with Crippen molar-refractivity contribution < 1.29 is 23.8 Å². The highest BCUT2D eigenvalue weighted by Gasteiger charge is 2.39. The molecule has 0 fully saturated rings. The van der Waals surface area contributed by atoms with E-state index in [1.165, 1.54) is 19.1 Å². The second-order valence-electron chi connectivity index (χ2n) is 7.17. The van der Waals surface area contributed by atoms with Crippen LogP contribution < -0.4 is 14.8 Å². The number of carbonyl (C=O) groups is 2. The fourth-order valence-corrected chi connectivity index (χ4v) is 3.68. The van der Waals surface area contributed by atoms with E-state index in [-0.39, 0.29) is 23.7 Å². The Bertz CT molecular complexity index is 1050. The largest absolute Gasteiger partial charge is 0.493 e. The standard InChI is InChI=1S/C24H27ClN2O5/c1-5-32-13-7-12-27-23(28)21(16-10-11-19(30-3)20(14-16)31-4)22(24(27)29)26-18-9-6-8-17(25)15(18)2/h6,8-11,14,26H,5,7,12-13H2,1-4H3. The summed E-state index contributed by atoms with van der Waals surface area (Å²) in [5.41, 5.74) is 2.46. The molecule has 0 aromatic heterocycles. The Hall–Kier alpha value is -3.03. The van der Waals surface area contributed by atoms with Gasteiger partial charge in [-0.15, -0.1) is 0 Å². The van der Waals surface area contributed by atoms with Gasteiger partial charge < -0.3 is 19.5 Å². The van der Waals surface area contributed by atoms with Crippen molar-refractivity contribution >= 4 is 34.7 Å². The fourth-order valence-electron chi connectivity index (χ4n) is 3.50. The van der Waals surface area contributed by atoms with Crippen LogP contribution in [0.2, 0.25) is 5.02 Å². The van der Waals surface area contributed by atoms with Crippen LogP contribution in [0.3, 0.4) is 0 Å². The summed E-state index contributed by atoms with van der Waals surface area (Å²) in [6.45, 7) is 5.06. The molecule has 7 nitrogen and oxygen atoms in total. The van der Waals surface area contributed by atoms with Crippen LogP contribution in [0.1, 0.15) is 24.5 Å². The lowest BCUT2D eigenvalue weighted by atomic mass is 10.0. The normalized spacial score (nSPS) is 13.7. The van der Waals surface area contributed by atoms with E-state index in [2.05, 4.69) is 5.32 Å². The Morgan fingerprint density at radius 3 is 2.47 bits per heavy atom. The average molecular weight is 459 g/mol. The lowest BCUT2D eigenvalue weighted by Gasteiger charge is -2.15. The third kappa shape index (κ3) is 4.74. The summed E-state index contributed by atoms with van der Waals surface area (Å²) in [5, 5.41) is 3.72. The predicted octanol–water partition coefficient (Wildman–Crippen LogP) is 4.28. The molecular formula is C24H27ClN2O5. The smallest absolute Gasteiger partial charge is 0.278 e. The Kier molecular flexibility index (Phi) is 7.77. The number of halogens is 1. The van der Waals surface area contributed by atoms with Crippen LogP contribution >= 0.6 is 11.6 Å². The van der Waals surface area contributed by atoms with Crippen molar-refractivity contribution in [2.75, 3.05) is 39.3 Å². The molecule has 170 valence electrons. The monoisotopic (exact) mass is 458 g/mol. The summed E-state index contributed by atoms with van der Waals surface area (Å²) in [7, 11) is 3.06. The number of hydrogen-bond donors (Lipinski definition) is 1. The first-order valence-electron chi connectivity index (χ1n) is 10.4. The van der Waals surface area contributed by atoms with Crippen molar-refractivity contribution in [3.05, 3.63) is 58.2 Å². The second-order valence-corrected chi connectivity index (χ2v) is 7.58. The lowest BCUT2D eigenvalue weighted by molar-refractivity contribution is -0.137. The number of ether oxygens (including phenoxy) is 3. The number of imide groups is 1. The van der Waals surface area contributed by atoms with Crippen molar-refractivity contribution in [1.29, 1.82) is 0 Å². The minimum atomic E-state index is -0.393. The Morgan fingerprint density at radius 2 is 1.78 bits per heavy atom. The Balaban J connectivity index is 2.04. The van der Waals surface area contributed by atoms with Gasteiger partial charge in [-0.1, -0.05) is 23.7 Å². The summed E-state index contributed by atoms with van der Waals surface area (Å²) in [6, 6.07) is 10.5. The highest BCUT2D eigenvalue weighted by molar-refractivity contribution is 6.36. The number of nitrogens with one attached hydrogen (secondary N) is 1. The summed E-state index contributed by atoms with van der Waals surface area (Å²) in [6.07, 6.45) is 0.550. The third-order valence-electron chi connectivity index (χ3n) is 5.24. The van der Waals surface area contributed by atoms with E-state index in [0.717, 1.165) is 5.56 Å². The zero-order valence-corrected chi connectivity index (χ0v) is 19.4. The summed E-state index contributed by atoms with van der Waals surface area (Å²) in [4.78, 5) is 27.9. The van der Waals surface area contributed by atoms with Crippen LogP contribution in [0.4, 0.5) is 5.69 Å². The van der Waals surface area contributed by atoms with E-state index in [4.69, 9.17) is 25.8 Å². The summed E-state index contributed by atoms with van der Waals surface area (Å²) < 4.78 is 16.1. The molecular weight excluding hydrogens is 432 g/mol. The summed E-state index contributed by atoms with van der Waals surface area (Å²) >= 11 is 6.25. The molecule has 2 amide bonds. The van der Waals surface area contributed by atoms with Gasteiger partial charge in [0.25, 0.3) is 11.8 Å². The first kappa shape index (κ1) is 23.6. The van der Waals surface area contributed by atoms with Gasteiger partial charge in [-0.25, -0.2) is 0 Å². The van der Waals surface area contributed by atoms with Gasteiger partial charge in [0.05, 0.1) is 19.8 Å². The Labute approximate surface area is 192 Å². The number of nitrogens with zero attached hydrogens (tertiary/aromatic N) is 1. The van der Waals surface area contributed by atoms with Crippen LogP contribution in [-0.2, 0) is 14.3 Å². The maximum absolute atomic E-state index is 13.4.